The molecule has 0 aliphatic carbocycles. The Morgan fingerprint density at radius 3 is 2.51 bits per heavy atom. The number of aromatic nitrogens is 3. The summed E-state index contributed by atoms with van der Waals surface area (Å²) in [5.41, 5.74) is 1.47. The standard InChI is InChI=1S/C31H25ClN4O5/c1-18(37)23-10-8-21(32)16-25(23)26-17-28(38)36(35-31(26)41-2)27(14-19-6-4-3-5-7-19)30(40)34-22-9-11-24-20(15-22)12-13-33-29(24)39/h3-13,15-17,27H,14H2,1-2H3,(H,33,39)(H,34,40)/t27-/m0/s1. The summed E-state index contributed by atoms with van der Waals surface area (Å²) in [7, 11) is 1.39. The molecule has 0 spiro atoms. The van der Waals surface area contributed by atoms with Crippen LogP contribution in [0.4, 0.5) is 5.69 Å². The van der Waals surface area contributed by atoms with Crippen LogP contribution in [0.2, 0.25) is 5.02 Å². The molecule has 206 valence electrons. The molecule has 0 fully saturated rings. The van der Waals surface area contributed by atoms with E-state index in [0.29, 0.717) is 32.6 Å². The maximum Gasteiger partial charge on any atom is 0.268 e. The van der Waals surface area contributed by atoms with E-state index in [-0.39, 0.29) is 29.2 Å². The zero-order valence-electron chi connectivity index (χ0n) is 22.2. The minimum absolute atomic E-state index is 0.0464. The lowest BCUT2D eigenvalue weighted by Crippen LogP contribution is -2.36. The van der Waals surface area contributed by atoms with Gasteiger partial charge < -0.3 is 15.0 Å². The summed E-state index contributed by atoms with van der Waals surface area (Å²) in [5, 5.41) is 8.80. The van der Waals surface area contributed by atoms with Crippen LogP contribution in [0.5, 0.6) is 5.88 Å². The first-order valence-electron chi connectivity index (χ1n) is 12.7. The normalized spacial score (nSPS) is 11.7. The third-order valence-corrected chi connectivity index (χ3v) is 6.91. The molecule has 0 aliphatic heterocycles. The number of halogens is 1. The average Bonchev–Trinajstić information content (AvgIpc) is 2.96. The third kappa shape index (κ3) is 5.80. The maximum absolute atomic E-state index is 13.7. The number of hydrogen-bond donors (Lipinski definition) is 2. The number of fused-ring (bicyclic) bond motifs is 1. The summed E-state index contributed by atoms with van der Waals surface area (Å²) < 4.78 is 6.62. The second kappa shape index (κ2) is 11.6. The summed E-state index contributed by atoms with van der Waals surface area (Å²) in [6, 6.07) is 20.9. The zero-order chi connectivity index (χ0) is 29.1. The molecule has 0 unspecified atom stereocenters. The van der Waals surface area contributed by atoms with E-state index in [0.717, 1.165) is 10.2 Å². The van der Waals surface area contributed by atoms with Crippen LogP contribution < -0.4 is 21.2 Å². The second-order valence-corrected chi connectivity index (χ2v) is 9.84. The van der Waals surface area contributed by atoms with Crippen LogP contribution in [-0.2, 0) is 11.2 Å². The van der Waals surface area contributed by atoms with Crippen LogP contribution in [-0.4, -0.2) is 33.6 Å². The van der Waals surface area contributed by atoms with Crippen molar-refractivity contribution in [3.8, 4) is 17.0 Å². The quantitative estimate of drug-likeness (QED) is 0.253. The second-order valence-electron chi connectivity index (χ2n) is 9.40. The predicted molar refractivity (Wildman–Crippen MR) is 158 cm³/mol. The number of ether oxygens (including phenoxy) is 1. The molecule has 1 atom stereocenters. The fourth-order valence-corrected chi connectivity index (χ4v) is 4.86. The molecule has 0 aliphatic rings. The number of nitrogens with one attached hydrogen (secondary N) is 2. The Balaban J connectivity index is 1.59. The van der Waals surface area contributed by atoms with E-state index in [1.165, 1.54) is 26.3 Å². The lowest BCUT2D eigenvalue weighted by molar-refractivity contribution is -0.119. The van der Waals surface area contributed by atoms with Gasteiger partial charge in [0.2, 0.25) is 11.8 Å². The van der Waals surface area contributed by atoms with Gasteiger partial charge in [-0.25, -0.2) is 4.68 Å². The number of amides is 1. The first-order chi connectivity index (χ1) is 19.7. The number of anilines is 1. The Bertz CT molecular complexity index is 1900. The highest BCUT2D eigenvalue weighted by molar-refractivity contribution is 6.31. The van der Waals surface area contributed by atoms with Crippen molar-refractivity contribution in [2.75, 3.05) is 12.4 Å². The van der Waals surface area contributed by atoms with Crippen molar-refractivity contribution in [3.63, 3.8) is 0 Å². The Morgan fingerprint density at radius 1 is 1.00 bits per heavy atom. The molecule has 3 aromatic carbocycles. The van der Waals surface area contributed by atoms with Gasteiger partial charge in [-0.15, -0.1) is 5.10 Å². The lowest BCUT2D eigenvalue weighted by atomic mass is 9.98. The van der Waals surface area contributed by atoms with E-state index in [4.69, 9.17) is 16.3 Å². The SMILES string of the molecule is COc1nn([C@@H](Cc2ccccc2)C(=O)Nc2ccc3c(=O)[nH]ccc3c2)c(=O)cc1-c1cc(Cl)ccc1C(C)=O. The highest BCUT2D eigenvalue weighted by Gasteiger charge is 2.26. The topological polar surface area (TPSA) is 123 Å². The summed E-state index contributed by atoms with van der Waals surface area (Å²) in [6.07, 6.45) is 1.69. The summed E-state index contributed by atoms with van der Waals surface area (Å²) >= 11 is 6.21. The van der Waals surface area contributed by atoms with Gasteiger partial charge in [-0.05, 0) is 65.9 Å². The molecule has 41 heavy (non-hydrogen) atoms. The molecule has 5 aromatic rings. The van der Waals surface area contributed by atoms with Crippen LogP contribution in [0.25, 0.3) is 21.9 Å². The number of ketones is 1. The number of pyridine rings is 1. The molecule has 5 rings (SSSR count). The Kier molecular flexibility index (Phi) is 7.80. The number of H-pyrrole nitrogens is 1. The number of aromatic amines is 1. The van der Waals surface area contributed by atoms with Gasteiger partial charge in [0.1, 0.15) is 6.04 Å². The fraction of sp³-hybridized carbons (Fsp3) is 0.129. The molecule has 0 saturated carbocycles. The largest absolute Gasteiger partial charge is 0.480 e. The van der Waals surface area contributed by atoms with Gasteiger partial charge in [0.25, 0.3) is 11.1 Å². The van der Waals surface area contributed by atoms with Crippen LogP contribution >= 0.6 is 11.6 Å². The van der Waals surface area contributed by atoms with Crippen LogP contribution in [0.1, 0.15) is 28.9 Å². The minimum Gasteiger partial charge on any atom is -0.480 e. The first-order valence-corrected chi connectivity index (χ1v) is 13.1. The maximum atomic E-state index is 13.7. The molecule has 2 N–H and O–H groups in total. The molecular weight excluding hydrogens is 544 g/mol. The number of methoxy groups -OCH3 is 1. The number of nitrogens with zero attached hydrogens (tertiary/aromatic N) is 2. The van der Waals surface area contributed by atoms with Crippen molar-refractivity contribution < 1.29 is 14.3 Å². The highest BCUT2D eigenvalue weighted by Crippen LogP contribution is 2.33. The van der Waals surface area contributed by atoms with E-state index in [1.54, 1.807) is 42.5 Å². The van der Waals surface area contributed by atoms with E-state index >= 15 is 0 Å². The molecule has 1 amide bonds. The minimum atomic E-state index is -1.06. The fourth-order valence-electron chi connectivity index (χ4n) is 4.69. The number of Topliss-reactive ketones (excluding diaryl/α,β-unsaturated/α-hetero) is 1. The smallest absolute Gasteiger partial charge is 0.268 e. The van der Waals surface area contributed by atoms with E-state index < -0.39 is 17.5 Å². The van der Waals surface area contributed by atoms with Gasteiger partial charge in [0.05, 0.1) is 12.7 Å². The number of benzene rings is 3. The molecule has 0 radical (unpaired) electrons. The van der Waals surface area contributed by atoms with Crippen LogP contribution in [0, 0.1) is 0 Å². The van der Waals surface area contributed by atoms with Gasteiger partial charge in [-0.1, -0.05) is 41.9 Å². The summed E-state index contributed by atoms with van der Waals surface area (Å²) in [4.78, 5) is 54.3. The van der Waals surface area contributed by atoms with Gasteiger partial charge in [0.15, 0.2) is 5.78 Å². The van der Waals surface area contributed by atoms with Crippen molar-refractivity contribution in [3.05, 3.63) is 122 Å². The average molecular weight is 569 g/mol. The molecule has 10 heteroatoms. The molecule has 0 saturated heterocycles. The molecular formula is C31H25ClN4O5. The van der Waals surface area contributed by atoms with Gasteiger partial charge in [-0.3, -0.25) is 19.2 Å². The zero-order valence-corrected chi connectivity index (χ0v) is 22.9. The molecule has 9 nitrogen and oxygen atoms in total. The Hall–Kier alpha value is -5.02. The van der Waals surface area contributed by atoms with Crippen LogP contribution in [0.15, 0.2) is 94.6 Å². The number of rotatable bonds is 8. The predicted octanol–water partition coefficient (Wildman–Crippen LogP) is 5.04. The number of hydrogen-bond acceptors (Lipinski definition) is 6. The van der Waals surface area contributed by atoms with Crippen molar-refractivity contribution >= 4 is 39.8 Å². The van der Waals surface area contributed by atoms with Crippen molar-refractivity contribution in [2.24, 2.45) is 0 Å². The van der Waals surface area contributed by atoms with Crippen LogP contribution in [0.3, 0.4) is 0 Å². The first kappa shape index (κ1) is 27.5. The Labute approximate surface area is 239 Å². The third-order valence-electron chi connectivity index (χ3n) is 6.68. The lowest BCUT2D eigenvalue weighted by Gasteiger charge is -2.20. The Morgan fingerprint density at radius 2 is 1.78 bits per heavy atom. The van der Waals surface area contributed by atoms with E-state index in [9.17, 15) is 19.2 Å². The van der Waals surface area contributed by atoms with Gasteiger partial charge >= 0.3 is 0 Å². The van der Waals surface area contributed by atoms with E-state index in [1.807, 2.05) is 30.3 Å². The van der Waals surface area contributed by atoms with Crippen molar-refractivity contribution in [1.29, 1.82) is 0 Å². The number of carbonyl (C=O) groups is 2. The van der Waals surface area contributed by atoms with Crippen molar-refractivity contribution in [1.82, 2.24) is 14.8 Å². The van der Waals surface area contributed by atoms with Gasteiger partial charge in [-0.2, -0.15) is 0 Å². The monoisotopic (exact) mass is 568 g/mol. The number of carbonyl (C=O) groups excluding carboxylic acids is 2. The summed E-state index contributed by atoms with van der Waals surface area (Å²) in [5.74, 6) is -0.665. The van der Waals surface area contributed by atoms with E-state index in [2.05, 4.69) is 15.4 Å². The van der Waals surface area contributed by atoms with Crippen molar-refractivity contribution in [2.45, 2.75) is 19.4 Å². The highest BCUT2D eigenvalue weighted by atomic mass is 35.5. The summed E-state index contributed by atoms with van der Waals surface area (Å²) in [6.45, 7) is 1.41. The molecule has 2 aromatic heterocycles. The molecule has 0 bridgehead atoms. The molecule has 2 heterocycles. The van der Waals surface area contributed by atoms with Gasteiger partial charge in [0, 0.05) is 40.3 Å².